The summed E-state index contributed by atoms with van der Waals surface area (Å²) >= 11 is 0. The highest BCUT2D eigenvalue weighted by atomic mass is 16.5. The number of hydrogen-bond acceptors (Lipinski definition) is 4. The molecule has 0 saturated heterocycles. The summed E-state index contributed by atoms with van der Waals surface area (Å²) < 4.78 is 4.64. The lowest BCUT2D eigenvalue weighted by Gasteiger charge is -2.36. The van der Waals surface area contributed by atoms with E-state index in [-0.39, 0.29) is 18.1 Å². The number of carbonyl (C=O) groups is 2. The highest BCUT2D eigenvalue weighted by Gasteiger charge is 2.27. The van der Waals surface area contributed by atoms with Gasteiger partial charge in [-0.25, -0.2) is 4.79 Å². The van der Waals surface area contributed by atoms with E-state index in [9.17, 15) is 9.59 Å². The summed E-state index contributed by atoms with van der Waals surface area (Å²) in [6.45, 7) is 6.09. The predicted molar refractivity (Wildman–Crippen MR) is 87.8 cm³/mol. The van der Waals surface area contributed by atoms with E-state index in [4.69, 9.17) is 11.0 Å². The lowest BCUT2D eigenvalue weighted by atomic mass is 10.0. The molecule has 0 aliphatic rings. The van der Waals surface area contributed by atoms with Crippen molar-refractivity contribution in [3.05, 3.63) is 29.8 Å². The Morgan fingerprint density at radius 2 is 1.83 bits per heavy atom. The molecule has 2 N–H and O–H groups in total. The summed E-state index contributed by atoms with van der Waals surface area (Å²) in [5, 5.41) is 8.87. The molecule has 0 heterocycles. The van der Waals surface area contributed by atoms with Crippen molar-refractivity contribution in [1.82, 2.24) is 0 Å². The van der Waals surface area contributed by atoms with Gasteiger partial charge >= 0.3 is 6.09 Å². The Morgan fingerprint density at radius 3 is 2.30 bits per heavy atom. The van der Waals surface area contributed by atoms with Gasteiger partial charge in [0.1, 0.15) is 0 Å². The van der Waals surface area contributed by atoms with Gasteiger partial charge in [0, 0.05) is 17.6 Å². The van der Waals surface area contributed by atoms with Gasteiger partial charge in [-0.15, -0.1) is 0 Å². The summed E-state index contributed by atoms with van der Waals surface area (Å²) in [5.74, 6) is -0.0127. The van der Waals surface area contributed by atoms with Crippen molar-refractivity contribution < 1.29 is 14.3 Å². The van der Waals surface area contributed by atoms with Crippen molar-refractivity contribution in [2.75, 3.05) is 11.5 Å². The van der Waals surface area contributed by atoms with Crippen LogP contribution in [0.5, 0.6) is 0 Å². The minimum atomic E-state index is -0.801. The van der Waals surface area contributed by atoms with Gasteiger partial charge < -0.3 is 15.4 Å². The molecule has 0 spiro atoms. The number of ether oxygens (including phenoxy) is 1. The van der Waals surface area contributed by atoms with Crippen molar-refractivity contribution >= 4 is 17.7 Å². The second kappa shape index (κ2) is 8.18. The Labute approximate surface area is 136 Å². The monoisotopic (exact) mass is 317 g/mol. The minimum Gasteiger partial charge on any atom is -0.450 e. The Kier molecular flexibility index (Phi) is 6.58. The van der Waals surface area contributed by atoms with Crippen LogP contribution in [0, 0.1) is 11.3 Å². The van der Waals surface area contributed by atoms with Gasteiger partial charge in [0.2, 0.25) is 5.91 Å². The summed E-state index contributed by atoms with van der Waals surface area (Å²) in [6.07, 6.45) is 0.735. The second-order valence-electron chi connectivity index (χ2n) is 6.18. The molecule has 0 unspecified atom stereocenters. The molecule has 6 heteroatoms. The van der Waals surface area contributed by atoms with Crippen molar-refractivity contribution in [2.24, 2.45) is 5.73 Å². The van der Waals surface area contributed by atoms with Crippen molar-refractivity contribution in [3.8, 4) is 6.07 Å². The molecule has 0 atom stereocenters. The molecule has 124 valence electrons. The van der Waals surface area contributed by atoms with E-state index in [0.29, 0.717) is 24.8 Å². The maximum absolute atomic E-state index is 12.6. The number of nitrogens with zero attached hydrogens (tertiary/aromatic N) is 2. The van der Waals surface area contributed by atoms with Crippen LogP contribution in [0.15, 0.2) is 24.3 Å². The maximum Gasteiger partial charge on any atom is 0.404 e. The molecule has 0 radical (unpaired) electrons. The smallest absolute Gasteiger partial charge is 0.404 e. The van der Waals surface area contributed by atoms with Gasteiger partial charge in [0.05, 0.1) is 18.2 Å². The van der Waals surface area contributed by atoms with E-state index >= 15 is 0 Å². The quantitative estimate of drug-likeness (QED) is 0.816. The topological polar surface area (TPSA) is 96.4 Å². The van der Waals surface area contributed by atoms with Gasteiger partial charge in [-0.05, 0) is 57.9 Å². The molecule has 6 nitrogen and oxygen atoms in total. The first-order chi connectivity index (χ1) is 10.8. The zero-order chi connectivity index (χ0) is 17.5. The molecule has 0 aliphatic carbocycles. The maximum atomic E-state index is 12.6. The summed E-state index contributed by atoms with van der Waals surface area (Å²) in [7, 11) is 0. The molecular formula is C17H23N3O3. The predicted octanol–water partition coefficient (Wildman–Crippen LogP) is 2.96. The van der Waals surface area contributed by atoms with Gasteiger partial charge in [-0.3, -0.25) is 4.79 Å². The molecule has 0 aromatic heterocycles. The zero-order valence-electron chi connectivity index (χ0n) is 13.8. The fraction of sp³-hybridized carbons (Fsp3) is 0.471. The van der Waals surface area contributed by atoms with Crippen LogP contribution < -0.4 is 10.6 Å². The summed E-state index contributed by atoms with van der Waals surface area (Å²) in [5.41, 5.74) is 5.81. The van der Waals surface area contributed by atoms with E-state index in [2.05, 4.69) is 10.8 Å². The number of rotatable bonds is 6. The Hall–Kier alpha value is -2.55. The lowest BCUT2D eigenvalue weighted by molar-refractivity contribution is -0.119. The normalized spacial score (nSPS) is 10.7. The van der Waals surface area contributed by atoms with Crippen molar-refractivity contribution in [2.45, 2.75) is 45.6 Å². The third-order valence-electron chi connectivity index (χ3n) is 3.20. The number of unbranched alkanes of at least 4 members (excludes halogenated alkanes) is 1. The van der Waals surface area contributed by atoms with E-state index in [1.165, 1.54) is 0 Å². The number of amides is 2. The van der Waals surface area contributed by atoms with E-state index in [1.54, 1.807) is 29.2 Å². The molecule has 0 bridgehead atoms. The Bertz CT molecular complexity index is 583. The van der Waals surface area contributed by atoms with Crippen LogP contribution in [0.2, 0.25) is 0 Å². The van der Waals surface area contributed by atoms with Crippen LogP contribution >= 0.6 is 0 Å². The molecule has 0 fully saturated rings. The van der Waals surface area contributed by atoms with E-state index in [0.717, 1.165) is 5.69 Å². The largest absolute Gasteiger partial charge is 0.450 e. The SMILES string of the molecule is CC(C)(C)N(C(=O)CCCCOC(N)=O)c1ccc(C#N)cc1. The Balaban J connectivity index is 2.72. The highest BCUT2D eigenvalue weighted by Crippen LogP contribution is 2.25. The third-order valence-corrected chi connectivity index (χ3v) is 3.20. The van der Waals surface area contributed by atoms with E-state index < -0.39 is 6.09 Å². The van der Waals surface area contributed by atoms with Crippen LogP contribution in [-0.4, -0.2) is 24.1 Å². The number of benzene rings is 1. The molecule has 2 amide bonds. The molecule has 1 aromatic rings. The standard InChI is InChI=1S/C17H23N3O3/c1-17(2,3)20(14-9-7-13(12-18)8-10-14)15(21)6-4-5-11-23-16(19)22/h7-10H,4-6,11H2,1-3H3,(H2,19,22). The molecule has 1 rings (SSSR count). The average molecular weight is 317 g/mol. The number of primary amides is 1. The zero-order valence-corrected chi connectivity index (χ0v) is 13.8. The van der Waals surface area contributed by atoms with Crippen LogP contribution in [0.1, 0.15) is 45.6 Å². The number of carbonyl (C=O) groups excluding carboxylic acids is 2. The number of hydrogen-bond donors (Lipinski definition) is 1. The van der Waals surface area contributed by atoms with Crippen molar-refractivity contribution in [1.29, 1.82) is 5.26 Å². The van der Waals surface area contributed by atoms with Crippen LogP contribution in [0.25, 0.3) is 0 Å². The number of nitriles is 1. The molecule has 0 saturated carbocycles. The molecule has 23 heavy (non-hydrogen) atoms. The van der Waals surface area contributed by atoms with Gasteiger partial charge in [0.25, 0.3) is 0 Å². The Morgan fingerprint density at radius 1 is 1.22 bits per heavy atom. The molecule has 1 aromatic carbocycles. The van der Waals surface area contributed by atoms with Gasteiger partial charge in [-0.2, -0.15) is 5.26 Å². The van der Waals surface area contributed by atoms with Crippen LogP contribution in [0.3, 0.4) is 0 Å². The van der Waals surface area contributed by atoms with Crippen molar-refractivity contribution in [3.63, 3.8) is 0 Å². The number of nitrogens with two attached hydrogens (primary N) is 1. The third kappa shape index (κ3) is 5.99. The fourth-order valence-corrected chi connectivity index (χ4v) is 2.25. The summed E-state index contributed by atoms with van der Waals surface area (Å²) in [4.78, 5) is 24.8. The lowest BCUT2D eigenvalue weighted by Crippen LogP contribution is -2.45. The minimum absolute atomic E-state index is 0.0127. The van der Waals surface area contributed by atoms with E-state index in [1.807, 2.05) is 20.8 Å². The van der Waals surface area contributed by atoms with Gasteiger partial charge in [0.15, 0.2) is 0 Å². The average Bonchev–Trinajstić information content (AvgIpc) is 2.46. The van der Waals surface area contributed by atoms with Gasteiger partial charge in [-0.1, -0.05) is 0 Å². The first kappa shape index (κ1) is 18.5. The van der Waals surface area contributed by atoms with Crippen LogP contribution in [0.4, 0.5) is 10.5 Å². The first-order valence-corrected chi connectivity index (χ1v) is 7.51. The summed E-state index contributed by atoms with van der Waals surface area (Å²) in [6, 6.07) is 9.01. The molecule has 0 aliphatic heterocycles. The number of anilines is 1. The fourth-order valence-electron chi connectivity index (χ4n) is 2.25. The first-order valence-electron chi connectivity index (χ1n) is 7.51. The highest BCUT2D eigenvalue weighted by molar-refractivity contribution is 5.94. The van der Waals surface area contributed by atoms with Crippen LogP contribution in [-0.2, 0) is 9.53 Å². The second-order valence-corrected chi connectivity index (χ2v) is 6.18. The molecular weight excluding hydrogens is 294 g/mol.